The molecule has 0 radical (unpaired) electrons. The minimum absolute atomic E-state index is 0.0934. The number of rotatable bonds is 2. The second kappa shape index (κ2) is 6.86. The van der Waals surface area contributed by atoms with Crippen molar-refractivity contribution in [2.75, 3.05) is 25.0 Å². The van der Waals surface area contributed by atoms with Crippen LogP contribution in [0.2, 0.25) is 0 Å². The third kappa shape index (κ3) is 3.42. The molecule has 0 aliphatic carbocycles. The predicted octanol–water partition coefficient (Wildman–Crippen LogP) is 1.19. The van der Waals surface area contributed by atoms with E-state index in [2.05, 4.69) is 10.3 Å². The normalized spacial score (nSPS) is 23.1. The average molecular weight is 333 g/mol. The van der Waals surface area contributed by atoms with Crippen LogP contribution in [-0.2, 0) is 9.53 Å². The van der Waals surface area contributed by atoms with Crippen LogP contribution < -0.4 is 5.32 Å². The fraction of sp³-hybridized carbons (Fsp3) is 0.588. The van der Waals surface area contributed by atoms with Crippen molar-refractivity contribution in [3.63, 3.8) is 0 Å². The highest BCUT2D eigenvalue weighted by molar-refractivity contribution is 5.96. The van der Waals surface area contributed by atoms with Gasteiger partial charge in [-0.05, 0) is 37.8 Å². The maximum atomic E-state index is 12.7. The number of aliphatic hydroxyl groups excluding tert-OH is 1. The Hall–Kier alpha value is -1.99. The lowest BCUT2D eigenvalue weighted by Crippen LogP contribution is -2.56. The summed E-state index contributed by atoms with van der Waals surface area (Å²) < 4.78 is 5.87. The first-order chi connectivity index (χ1) is 11.5. The Morgan fingerprint density at radius 1 is 1.42 bits per heavy atom. The van der Waals surface area contributed by atoms with Crippen molar-refractivity contribution in [2.45, 2.75) is 44.3 Å². The van der Waals surface area contributed by atoms with Crippen LogP contribution in [0.5, 0.6) is 0 Å². The molecular formula is C17H23N3O4. The topological polar surface area (TPSA) is 91.8 Å². The number of nitrogens with zero attached hydrogens (tertiary/aromatic N) is 2. The Balaban J connectivity index is 1.66. The fourth-order valence-corrected chi connectivity index (χ4v) is 3.47. The molecule has 7 nitrogen and oxygen atoms in total. The third-order valence-electron chi connectivity index (χ3n) is 4.83. The fourth-order valence-electron chi connectivity index (χ4n) is 3.47. The number of anilines is 1. The number of carbonyl (C=O) groups excluding carboxylic acids is 2. The van der Waals surface area contributed by atoms with E-state index in [1.807, 2.05) is 0 Å². The molecule has 24 heavy (non-hydrogen) atoms. The highest BCUT2D eigenvalue weighted by Crippen LogP contribution is 2.35. The third-order valence-corrected chi connectivity index (χ3v) is 4.83. The maximum Gasteiger partial charge on any atom is 0.254 e. The molecular weight excluding hydrogens is 310 g/mol. The number of likely N-dealkylation sites (tertiary alicyclic amines) is 1. The van der Waals surface area contributed by atoms with E-state index in [9.17, 15) is 14.7 Å². The number of pyridine rings is 1. The van der Waals surface area contributed by atoms with E-state index in [0.29, 0.717) is 43.9 Å². The van der Waals surface area contributed by atoms with E-state index < -0.39 is 11.7 Å². The van der Waals surface area contributed by atoms with Gasteiger partial charge in [-0.1, -0.05) is 0 Å². The molecule has 0 saturated carbocycles. The number of aromatic nitrogens is 1. The van der Waals surface area contributed by atoms with Gasteiger partial charge in [0.1, 0.15) is 5.82 Å². The molecule has 2 aliphatic heterocycles. The maximum absolute atomic E-state index is 12.7. The zero-order valence-corrected chi connectivity index (χ0v) is 13.8. The Bertz CT molecular complexity index is 626. The van der Waals surface area contributed by atoms with Crippen LogP contribution >= 0.6 is 0 Å². The molecule has 7 heteroatoms. The monoisotopic (exact) mass is 333 g/mol. The highest BCUT2D eigenvalue weighted by atomic mass is 16.5. The van der Waals surface area contributed by atoms with Gasteiger partial charge >= 0.3 is 0 Å². The molecule has 130 valence electrons. The Morgan fingerprint density at radius 2 is 2.17 bits per heavy atom. The zero-order valence-electron chi connectivity index (χ0n) is 13.8. The van der Waals surface area contributed by atoms with E-state index in [1.165, 1.54) is 13.1 Å². The van der Waals surface area contributed by atoms with Crippen molar-refractivity contribution in [3.8, 4) is 0 Å². The van der Waals surface area contributed by atoms with Crippen LogP contribution in [-0.4, -0.2) is 58.2 Å². The van der Waals surface area contributed by atoms with Gasteiger partial charge in [-0.3, -0.25) is 9.59 Å². The molecule has 0 aromatic carbocycles. The van der Waals surface area contributed by atoms with Crippen molar-refractivity contribution in [1.29, 1.82) is 0 Å². The highest BCUT2D eigenvalue weighted by Gasteiger charge is 2.44. The average Bonchev–Trinajstić information content (AvgIpc) is 2.57. The summed E-state index contributed by atoms with van der Waals surface area (Å²) in [4.78, 5) is 29.6. The summed E-state index contributed by atoms with van der Waals surface area (Å²) in [6, 6.07) is 3.23. The second-order valence-corrected chi connectivity index (χ2v) is 6.47. The van der Waals surface area contributed by atoms with Crippen molar-refractivity contribution < 1.29 is 19.4 Å². The quantitative estimate of drug-likeness (QED) is 0.848. The summed E-state index contributed by atoms with van der Waals surface area (Å²) in [5.41, 5.74) is 0.00375. The van der Waals surface area contributed by atoms with Crippen LogP contribution in [0.15, 0.2) is 18.3 Å². The molecule has 3 rings (SSSR count). The van der Waals surface area contributed by atoms with E-state index in [1.54, 1.807) is 17.0 Å². The van der Waals surface area contributed by atoms with Gasteiger partial charge in [0.2, 0.25) is 5.91 Å². The lowest BCUT2D eigenvalue weighted by atomic mass is 9.82. The van der Waals surface area contributed by atoms with Crippen molar-refractivity contribution in [3.05, 3.63) is 23.9 Å². The lowest BCUT2D eigenvalue weighted by Gasteiger charge is -2.46. The summed E-state index contributed by atoms with van der Waals surface area (Å²) in [7, 11) is 0. The van der Waals surface area contributed by atoms with Gasteiger partial charge in [-0.2, -0.15) is 0 Å². The first kappa shape index (κ1) is 16.9. The van der Waals surface area contributed by atoms with Gasteiger partial charge in [0.15, 0.2) is 0 Å². The van der Waals surface area contributed by atoms with Gasteiger partial charge in [0, 0.05) is 38.4 Å². The molecule has 3 heterocycles. The van der Waals surface area contributed by atoms with E-state index in [-0.39, 0.29) is 11.8 Å². The molecule has 1 aromatic rings. The van der Waals surface area contributed by atoms with Crippen molar-refractivity contribution in [1.82, 2.24) is 9.88 Å². The zero-order chi connectivity index (χ0) is 17.2. The predicted molar refractivity (Wildman–Crippen MR) is 87.6 cm³/mol. The van der Waals surface area contributed by atoms with Gasteiger partial charge in [-0.25, -0.2) is 4.98 Å². The summed E-state index contributed by atoms with van der Waals surface area (Å²) >= 11 is 0. The number of hydrogen-bond acceptors (Lipinski definition) is 5. The van der Waals surface area contributed by atoms with Crippen LogP contribution in [0.3, 0.4) is 0 Å². The first-order valence-corrected chi connectivity index (χ1v) is 8.35. The molecule has 0 bridgehead atoms. The minimum atomic E-state index is -0.491. The molecule has 0 unspecified atom stereocenters. The second-order valence-electron chi connectivity index (χ2n) is 6.47. The number of carbonyl (C=O) groups is 2. The largest absolute Gasteiger partial charge is 0.390 e. The molecule has 1 atom stereocenters. The Kier molecular flexibility index (Phi) is 4.82. The number of ether oxygens (including phenoxy) is 1. The van der Waals surface area contributed by atoms with Crippen LogP contribution in [0.4, 0.5) is 5.82 Å². The minimum Gasteiger partial charge on any atom is -0.390 e. The SMILES string of the molecule is CC(=O)Nc1cc(C(=O)N2CCC3(CC2)OCCC[C@@H]3O)ccn1. The number of piperidine rings is 1. The molecule has 2 aliphatic rings. The summed E-state index contributed by atoms with van der Waals surface area (Å²) in [5, 5.41) is 12.9. The summed E-state index contributed by atoms with van der Waals surface area (Å²) in [5.74, 6) is 0.0486. The van der Waals surface area contributed by atoms with Gasteiger partial charge in [0.25, 0.3) is 5.91 Å². The molecule has 2 amide bonds. The first-order valence-electron chi connectivity index (χ1n) is 8.35. The molecule has 1 spiro atoms. The van der Waals surface area contributed by atoms with E-state index in [0.717, 1.165) is 12.8 Å². The number of aliphatic hydroxyl groups is 1. The summed E-state index contributed by atoms with van der Waals surface area (Å²) in [6.07, 6.45) is 3.99. The van der Waals surface area contributed by atoms with Gasteiger partial charge < -0.3 is 20.1 Å². The summed E-state index contributed by atoms with van der Waals surface area (Å²) in [6.45, 7) is 3.17. The Labute approximate surface area is 141 Å². The van der Waals surface area contributed by atoms with Crippen LogP contribution in [0.25, 0.3) is 0 Å². The van der Waals surface area contributed by atoms with E-state index in [4.69, 9.17) is 4.74 Å². The molecule has 2 saturated heterocycles. The van der Waals surface area contributed by atoms with E-state index >= 15 is 0 Å². The number of amides is 2. The standard InChI is InChI=1S/C17H23N3O4/c1-12(21)19-15-11-13(4-7-18-15)16(23)20-8-5-17(6-9-20)14(22)3-2-10-24-17/h4,7,11,14,22H,2-3,5-6,8-10H2,1H3,(H,18,19,21)/t14-/m0/s1. The smallest absolute Gasteiger partial charge is 0.254 e. The number of nitrogens with one attached hydrogen (secondary N) is 1. The van der Waals surface area contributed by atoms with Crippen molar-refractivity contribution in [2.24, 2.45) is 0 Å². The molecule has 2 fully saturated rings. The molecule has 2 N–H and O–H groups in total. The number of hydrogen-bond donors (Lipinski definition) is 2. The van der Waals surface area contributed by atoms with Gasteiger partial charge in [0.05, 0.1) is 11.7 Å². The lowest BCUT2D eigenvalue weighted by molar-refractivity contribution is -0.174. The van der Waals surface area contributed by atoms with Gasteiger partial charge in [-0.15, -0.1) is 0 Å². The van der Waals surface area contributed by atoms with Crippen LogP contribution in [0, 0.1) is 0 Å². The molecule has 1 aromatic heterocycles. The van der Waals surface area contributed by atoms with Crippen LogP contribution in [0.1, 0.15) is 43.0 Å². The van der Waals surface area contributed by atoms with Crippen molar-refractivity contribution >= 4 is 17.6 Å². The Morgan fingerprint density at radius 3 is 2.83 bits per heavy atom.